The van der Waals surface area contributed by atoms with Gasteiger partial charge in [-0.3, -0.25) is 0 Å². The van der Waals surface area contributed by atoms with Crippen LogP contribution in [0.2, 0.25) is 0 Å². The number of piperidine rings is 1. The number of unbranched alkanes of at least 4 members (excludes halogenated alkanes) is 4. The molecule has 1 heterocycles. The van der Waals surface area contributed by atoms with Crippen LogP contribution in [0.4, 0.5) is 0 Å². The van der Waals surface area contributed by atoms with E-state index < -0.39 is 6.10 Å². The van der Waals surface area contributed by atoms with Crippen molar-refractivity contribution in [3.63, 3.8) is 0 Å². The molecule has 23 heavy (non-hydrogen) atoms. The lowest BCUT2D eigenvalue weighted by molar-refractivity contribution is 0.105. The summed E-state index contributed by atoms with van der Waals surface area (Å²) in [4.78, 5) is 0. The lowest BCUT2D eigenvalue weighted by Gasteiger charge is -2.30. The topological polar surface area (TPSA) is 58.3 Å². The number of rotatable bonds is 10. The van der Waals surface area contributed by atoms with Crippen molar-refractivity contribution in [2.75, 3.05) is 6.54 Å². The van der Waals surface area contributed by atoms with E-state index in [0.717, 1.165) is 12.8 Å². The monoisotopic (exact) mass is 318 g/mol. The van der Waals surface area contributed by atoms with Crippen LogP contribution in [0.1, 0.15) is 51.9 Å². The van der Waals surface area contributed by atoms with Gasteiger partial charge in [-0.1, -0.05) is 68.4 Å². The first kappa shape index (κ1) is 19.9. The Hall–Kier alpha value is -1.16. The number of hydrogen-bond acceptors (Lipinski definition) is 3. The molecule has 3 atom stereocenters. The molecule has 0 aromatic heterocycles. The number of nitrogens with two attached hydrogens (primary N) is 1. The van der Waals surface area contributed by atoms with E-state index in [9.17, 15) is 5.11 Å². The van der Waals surface area contributed by atoms with Gasteiger partial charge >= 0.3 is 0 Å². The lowest BCUT2D eigenvalue weighted by Crippen LogP contribution is -2.53. The van der Waals surface area contributed by atoms with Gasteiger partial charge in [0.25, 0.3) is 0 Å². The van der Waals surface area contributed by atoms with Crippen molar-refractivity contribution in [3.8, 4) is 0 Å². The van der Waals surface area contributed by atoms with Crippen molar-refractivity contribution in [1.82, 2.24) is 5.32 Å². The van der Waals surface area contributed by atoms with Gasteiger partial charge in [0.2, 0.25) is 0 Å². The Labute approximate surface area is 142 Å². The number of aliphatic hydroxyl groups excluding tert-OH is 1. The standard InChI is InChI=1S/C20H34N2O/c1-2-3-4-5-6-7-8-9-10-11-12-13-14-15-18-16-20(23)19(21)17-22-18/h5-8,12-15,18-20,22-23H,2-4,9-11,16-17,21H2,1H3/b6-5+,8-7+,13-12+,15-14+/t18-,19+,20-/m0/s1. The quantitative estimate of drug-likeness (QED) is 0.426. The molecule has 0 spiro atoms. The fraction of sp³-hybridized carbons (Fsp3) is 0.600. The van der Waals surface area contributed by atoms with Gasteiger partial charge in [0, 0.05) is 18.6 Å². The van der Waals surface area contributed by atoms with Crippen LogP contribution in [-0.2, 0) is 0 Å². The van der Waals surface area contributed by atoms with Crippen molar-refractivity contribution in [2.24, 2.45) is 5.73 Å². The highest BCUT2D eigenvalue weighted by atomic mass is 16.3. The second-order valence-corrected chi connectivity index (χ2v) is 6.22. The van der Waals surface area contributed by atoms with Crippen LogP contribution in [0, 0.1) is 0 Å². The molecule has 0 saturated carbocycles. The third kappa shape index (κ3) is 10.3. The van der Waals surface area contributed by atoms with Crippen molar-refractivity contribution < 1.29 is 5.11 Å². The maximum Gasteiger partial charge on any atom is 0.0721 e. The van der Waals surface area contributed by atoms with Gasteiger partial charge in [0.1, 0.15) is 0 Å². The summed E-state index contributed by atoms with van der Waals surface area (Å²) in [5, 5.41) is 13.0. The van der Waals surface area contributed by atoms with Gasteiger partial charge in [-0.25, -0.2) is 0 Å². The molecule has 0 unspecified atom stereocenters. The maximum absolute atomic E-state index is 9.72. The van der Waals surface area contributed by atoms with Gasteiger partial charge in [0.05, 0.1) is 6.10 Å². The molecule has 0 radical (unpaired) electrons. The van der Waals surface area contributed by atoms with Crippen LogP contribution >= 0.6 is 0 Å². The van der Waals surface area contributed by atoms with Crippen molar-refractivity contribution in [1.29, 1.82) is 0 Å². The van der Waals surface area contributed by atoms with E-state index in [-0.39, 0.29) is 12.1 Å². The minimum absolute atomic E-state index is 0.135. The molecule has 3 heteroatoms. The smallest absolute Gasteiger partial charge is 0.0721 e. The van der Waals surface area contributed by atoms with E-state index in [2.05, 4.69) is 60.8 Å². The van der Waals surface area contributed by atoms with Gasteiger partial charge < -0.3 is 16.2 Å². The molecule has 4 N–H and O–H groups in total. The highest BCUT2D eigenvalue weighted by Gasteiger charge is 2.23. The molecule has 3 nitrogen and oxygen atoms in total. The third-order valence-corrected chi connectivity index (χ3v) is 4.05. The van der Waals surface area contributed by atoms with E-state index in [1.54, 1.807) is 0 Å². The van der Waals surface area contributed by atoms with E-state index in [0.29, 0.717) is 13.0 Å². The second kappa shape index (κ2) is 13.3. The summed E-state index contributed by atoms with van der Waals surface area (Å²) in [6.07, 6.45) is 24.7. The van der Waals surface area contributed by atoms with Crippen LogP contribution in [0.25, 0.3) is 0 Å². The molecule has 130 valence electrons. The largest absolute Gasteiger partial charge is 0.391 e. The molecule has 1 aliphatic heterocycles. The third-order valence-electron chi connectivity index (χ3n) is 4.05. The molecule has 0 aliphatic carbocycles. The van der Waals surface area contributed by atoms with Crippen molar-refractivity contribution in [3.05, 3.63) is 48.6 Å². The molecule has 1 fully saturated rings. The van der Waals surface area contributed by atoms with Crippen LogP contribution in [0.5, 0.6) is 0 Å². The molecule has 0 bridgehead atoms. The average Bonchev–Trinajstić information content (AvgIpc) is 2.55. The van der Waals surface area contributed by atoms with Crippen LogP contribution in [0.3, 0.4) is 0 Å². The summed E-state index contributed by atoms with van der Waals surface area (Å²) in [5.74, 6) is 0. The SMILES string of the molecule is CCCC/C=C/C=C/CCC/C=C/C=C/[C@H]1C[C@H](O)[C@H](N)CN1. The molecular formula is C20H34N2O. The van der Waals surface area contributed by atoms with Crippen LogP contribution in [-0.4, -0.2) is 29.8 Å². The normalized spacial score (nSPS) is 26.3. The predicted molar refractivity (Wildman–Crippen MR) is 100 cm³/mol. The fourth-order valence-electron chi connectivity index (χ4n) is 2.49. The number of allylic oxidation sites excluding steroid dienone is 7. The Morgan fingerprint density at radius 2 is 1.61 bits per heavy atom. The summed E-state index contributed by atoms with van der Waals surface area (Å²) < 4.78 is 0. The molecule has 0 amide bonds. The van der Waals surface area contributed by atoms with Crippen LogP contribution < -0.4 is 11.1 Å². The summed E-state index contributed by atoms with van der Waals surface area (Å²) in [6, 6.07) is 0.0987. The first-order chi connectivity index (χ1) is 11.2. The van der Waals surface area contributed by atoms with E-state index in [4.69, 9.17) is 5.73 Å². The Bertz CT molecular complexity index is 398. The summed E-state index contributed by atoms with van der Waals surface area (Å²) in [5.41, 5.74) is 5.75. The molecule has 1 rings (SSSR count). The average molecular weight is 319 g/mol. The van der Waals surface area contributed by atoms with Gasteiger partial charge in [-0.05, 0) is 32.1 Å². The number of aliphatic hydroxyl groups is 1. The van der Waals surface area contributed by atoms with Crippen molar-refractivity contribution >= 4 is 0 Å². The van der Waals surface area contributed by atoms with Crippen LogP contribution in [0.15, 0.2) is 48.6 Å². The van der Waals surface area contributed by atoms with E-state index >= 15 is 0 Å². The summed E-state index contributed by atoms with van der Waals surface area (Å²) in [7, 11) is 0. The highest BCUT2D eigenvalue weighted by molar-refractivity contribution is 5.08. The molecule has 0 aromatic carbocycles. The van der Waals surface area contributed by atoms with Gasteiger partial charge in [-0.15, -0.1) is 0 Å². The predicted octanol–water partition coefficient (Wildman–Crippen LogP) is 3.62. The maximum atomic E-state index is 9.72. The first-order valence-corrected chi connectivity index (χ1v) is 9.06. The summed E-state index contributed by atoms with van der Waals surface area (Å²) >= 11 is 0. The molecule has 0 aromatic rings. The Balaban J connectivity index is 2.03. The van der Waals surface area contributed by atoms with Gasteiger partial charge in [-0.2, -0.15) is 0 Å². The zero-order valence-electron chi connectivity index (χ0n) is 14.5. The Morgan fingerprint density at radius 3 is 2.22 bits per heavy atom. The Morgan fingerprint density at radius 1 is 1.00 bits per heavy atom. The highest BCUT2D eigenvalue weighted by Crippen LogP contribution is 2.09. The molecule has 1 saturated heterocycles. The van der Waals surface area contributed by atoms with E-state index in [1.165, 1.54) is 25.7 Å². The zero-order chi connectivity index (χ0) is 16.8. The Kier molecular flexibility index (Phi) is 11.5. The van der Waals surface area contributed by atoms with Crippen molar-refractivity contribution in [2.45, 2.75) is 70.1 Å². The molecular weight excluding hydrogens is 284 g/mol. The van der Waals surface area contributed by atoms with Gasteiger partial charge in [0.15, 0.2) is 0 Å². The minimum Gasteiger partial charge on any atom is -0.391 e. The number of nitrogens with one attached hydrogen (secondary N) is 1. The first-order valence-electron chi connectivity index (χ1n) is 9.06. The van der Waals surface area contributed by atoms with E-state index in [1.807, 2.05) is 0 Å². The fourth-order valence-corrected chi connectivity index (χ4v) is 2.49. The molecule has 1 aliphatic rings. The number of hydrogen-bond donors (Lipinski definition) is 3. The second-order valence-electron chi connectivity index (χ2n) is 6.22. The lowest BCUT2D eigenvalue weighted by atomic mass is 9.98. The zero-order valence-corrected chi connectivity index (χ0v) is 14.5. The summed E-state index contributed by atoms with van der Waals surface area (Å²) in [6.45, 7) is 2.90. The minimum atomic E-state index is -0.391.